The molecule has 2 aromatic carbocycles. The molecule has 0 aliphatic rings. The van der Waals surface area contributed by atoms with Crippen LogP contribution in [-0.4, -0.2) is 50.9 Å². The van der Waals surface area contributed by atoms with Crippen LogP contribution in [-0.2, 0) is 20.8 Å². The molecule has 0 amide bonds. The second-order valence-electron chi connectivity index (χ2n) is 5.77. The second-order valence-corrected chi connectivity index (χ2v) is 6.92. The molecule has 0 saturated carbocycles. The van der Waals surface area contributed by atoms with Crippen LogP contribution in [0.15, 0.2) is 48.5 Å². The molecule has 0 heterocycles. The summed E-state index contributed by atoms with van der Waals surface area (Å²) in [6.45, 7) is 8.46. The first-order valence-electron chi connectivity index (χ1n) is 9.04. The Hall–Kier alpha value is -2.77. The van der Waals surface area contributed by atoms with Crippen molar-refractivity contribution in [2.24, 2.45) is 0 Å². The number of nitrogens with one attached hydrogen (secondary N) is 1. The van der Waals surface area contributed by atoms with Crippen molar-refractivity contribution in [1.82, 2.24) is 5.32 Å². The highest BCUT2D eigenvalue weighted by Gasteiger charge is 2.06. The van der Waals surface area contributed by atoms with E-state index in [1.165, 1.54) is 12.5 Å². The number of carbonyl (C=O) groups is 4. The van der Waals surface area contributed by atoms with Gasteiger partial charge in [0.1, 0.15) is 19.3 Å². The fraction of sp³-hybridized carbons (Fsp3) is 0.304. The molecule has 0 aliphatic carbocycles. The van der Waals surface area contributed by atoms with E-state index in [0.717, 1.165) is 36.0 Å². The SMILES string of the molecule is C=O.C=O.CC(=O)SCC(=O)c1ccc(C)cc1.CNCCc1ccc(OC)cc1. The Morgan fingerprint density at radius 3 is 1.93 bits per heavy atom. The van der Waals surface area contributed by atoms with Gasteiger partial charge in [-0.05, 0) is 44.6 Å². The van der Waals surface area contributed by atoms with Crippen LogP contribution in [0.1, 0.15) is 28.4 Å². The standard InChI is InChI=1S/C11H12O2S.C10H15NO.2CH2O/c1-8-3-5-10(6-4-8)11(13)7-14-9(2)12;1-11-8-7-9-3-5-10(12-2)6-4-9;2*1-2/h3-6H,7H2,1-2H3;3-6,11H,7-8H2,1-2H3;2*1H2. The number of thioether (sulfide) groups is 1. The van der Waals surface area contributed by atoms with Crippen molar-refractivity contribution in [1.29, 1.82) is 0 Å². The zero-order chi connectivity index (χ0) is 23.4. The van der Waals surface area contributed by atoms with Crippen molar-refractivity contribution in [3.05, 3.63) is 65.2 Å². The van der Waals surface area contributed by atoms with Crippen LogP contribution in [0.2, 0.25) is 0 Å². The smallest absolute Gasteiger partial charge is 0.186 e. The molecule has 1 N–H and O–H groups in total. The van der Waals surface area contributed by atoms with Gasteiger partial charge in [-0.3, -0.25) is 9.59 Å². The van der Waals surface area contributed by atoms with Gasteiger partial charge in [-0.15, -0.1) is 0 Å². The third kappa shape index (κ3) is 14.3. The fourth-order valence-corrected chi connectivity index (χ4v) is 2.55. The fourth-order valence-electron chi connectivity index (χ4n) is 2.05. The molecule has 6 nitrogen and oxygen atoms in total. The van der Waals surface area contributed by atoms with Gasteiger partial charge >= 0.3 is 0 Å². The van der Waals surface area contributed by atoms with Crippen LogP contribution in [0, 0.1) is 6.92 Å². The molecule has 30 heavy (non-hydrogen) atoms. The van der Waals surface area contributed by atoms with Gasteiger partial charge in [-0.1, -0.05) is 53.7 Å². The molecule has 0 radical (unpaired) electrons. The maximum Gasteiger partial charge on any atom is 0.186 e. The van der Waals surface area contributed by atoms with Crippen molar-refractivity contribution < 1.29 is 23.9 Å². The van der Waals surface area contributed by atoms with Crippen LogP contribution in [0.25, 0.3) is 0 Å². The highest BCUT2D eigenvalue weighted by molar-refractivity contribution is 8.14. The number of aryl methyl sites for hydroxylation is 1. The van der Waals surface area contributed by atoms with Crippen molar-refractivity contribution in [2.45, 2.75) is 20.3 Å². The monoisotopic (exact) mass is 433 g/mol. The first-order chi connectivity index (χ1) is 14.5. The molecule has 0 atom stereocenters. The molecule has 0 aliphatic heterocycles. The average Bonchev–Trinajstić information content (AvgIpc) is 2.80. The second kappa shape index (κ2) is 19.5. The van der Waals surface area contributed by atoms with E-state index in [9.17, 15) is 9.59 Å². The van der Waals surface area contributed by atoms with Crippen LogP contribution >= 0.6 is 11.8 Å². The summed E-state index contributed by atoms with van der Waals surface area (Å²) in [7, 11) is 3.64. The summed E-state index contributed by atoms with van der Waals surface area (Å²) in [5, 5.41) is 3.09. The Morgan fingerprint density at radius 1 is 0.967 bits per heavy atom. The van der Waals surface area contributed by atoms with E-state index in [2.05, 4.69) is 17.4 Å². The molecule has 0 aromatic heterocycles. The van der Waals surface area contributed by atoms with E-state index in [-0.39, 0.29) is 16.7 Å². The minimum absolute atomic E-state index is 0.00481. The van der Waals surface area contributed by atoms with Gasteiger partial charge in [-0.2, -0.15) is 0 Å². The van der Waals surface area contributed by atoms with E-state index in [1.807, 2.05) is 51.8 Å². The molecule has 0 spiro atoms. The minimum atomic E-state index is -0.0227. The normalized spacial score (nSPS) is 8.80. The van der Waals surface area contributed by atoms with E-state index in [1.54, 1.807) is 19.2 Å². The Balaban J connectivity index is 0. The number of benzene rings is 2. The predicted molar refractivity (Wildman–Crippen MR) is 124 cm³/mol. The Labute approximate surface area is 183 Å². The molecule has 164 valence electrons. The molecular weight excluding hydrogens is 402 g/mol. The van der Waals surface area contributed by atoms with Gasteiger partial charge in [-0.25, -0.2) is 0 Å². The number of Topliss-reactive ketones (excluding diaryl/α,β-unsaturated/α-hetero) is 1. The van der Waals surface area contributed by atoms with Gasteiger partial charge in [0.05, 0.1) is 12.9 Å². The molecule has 2 aromatic rings. The summed E-state index contributed by atoms with van der Waals surface area (Å²) in [5.74, 6) is 1.16. The maximum atomic E-state index is 11.5. The van der Waals surface area contributed by atoms with Crippen molar-refractivity contribution in [3.63, 3.8) is 0 Å². The van der Waals surface area contributed by atoms with Gasteiger partial charge in [0.15, 0.2) is 10.9 Å². The van der Waals surface area contributed by atoms with Crippen molar-refractivity contribution >= 4 is 36.2 Å². The summed E-state index contributed by atoms with van der Waals surface area (Å²) >= 11 is 1.05. The summed E-state index contributed by atoms with van der Waals surface area (Å²) in [5.41, 5.74) is 3.13. The minimum Gasteiger partial charge on any atom is -0.497 e. The number of likely N-dealkylation sites (N-methyl/N-ethyl adjacent to an activating group) is 1. The van der Waals surface area contributed by atoms with E-state index in [0.29, 0.717) is 5.56 Å². The highest BCUT2D eigenvalue weighted by atomic mass is 32.2. The number of rotatable bonds is 7. The largest absolute Gasteiger partial charge is 0.497 e. The number of ketones is 1. The van der Waals surface area contributed by atoms with E-state index in [4.69, 9.17) is 14.3 Å². The average molecular weight is 434 g/mol. The highest BCUT2D eigenvalue weighted by Crippen LogP contribution is 2.11. The number of hydrogen-bond donors (Lipinski definition) is 1. The molecule has 0 fully saturated rings. The van der Waals surface area contributed by atoms with Gasteiger partial charge in [0, 0.05) is 12.5 Å². The van der Waals surface area contributed by atoms with Crippen LogP contribution in [0.5, 0.6) is 5.75 Å². The number of hydrogen-bond acceptors (Lipinski definition) is 7. The van der Waals surface area contributed by atoms with Crippen LogP contribution in [0.4, 0.5) is 0 Å². The van der Waals surface area contributed by atoms with Crippen LogP contribution in [0.3, 0.4) is 0 Å². The number of methoxy groups -OCH3 is 1. The lowest BCUT2D eigenvalue weighted by Gasteiger charge is -2.02. The molecule has 7 heteroatoms. The quantitative estimate of drug-likeness (QED) is 0.668. The molecule has 0 saturated heterocycles. The summed E-state index contributed by atoms with van der Waals surface area (Å²) in [6, 6.07) is 15.5. The summed E-state index contributed by atoms with van der Waals surface area (Å²) < 4.78 is 5.06. The number of carbonyl (C=O) groups excluding carboxylic acids is 4. The van der Waals surface area contributed by atoms with Crippen molar-refractivity contribution in [2.75, 3.05) is 26.5 Å². The first kappa shape index (κ1) is 29.4. The topological polar surface area (TPSA) is 89.5 Å². The zero-order valence-corrected chi connectivity index (χ0v) is 18.9. The lowest BCUT2D eigenvalue weighted by molar-refractivity contribution is -0.109. The summed E-state index contributed by atoms with van der Waals surface area (Å²) in [4.78, 5) is 38.1. The first-order valence-corrected chi connectivity index (χ1v) is 10.0. The Morgan fingerprint density at radius 2 is 1.50 bits per heavy atom. The van der Waals surface area contributed by atoms with Crippen LogP contribution < -0.4 is 10.1 Å². The molecule has 0 unspecified atom stereocenters. The van der Waals surface area contributed by atoms with Gasteiger partial charge in [0.25, 0.3) is 0 Å². The maximum absolute atomic E-state index is 11.5. The third-order valence-electron chi connectivity index (χ3n) is 3.60. The third-order valence-corrected chi connectivity index (χ3v) is 4.42. The zero-order valence-electron chi connectivity index (χ0n) is 18.1. The lowest BCUT2D eigenvalue weighted by Crippen LogP contribution is -2.10. The molecule has 0 bridgehead atoms. The lowest BCUT2D eigenvalue weighted by atomic mass is 10.1. The molecule has 2 rings (SSSR count). The van der Waals surface area contributed by atoms with E-state index >= 15 is 0 Å². The Kier molecular flexibility index (Phi) is 19.2. The number of ether oxygens (including phenoxy) is 1. The molecular formula is C23H31NO5S. The predicted octanol–water partition coefficient (Wildman–Crippen LogP) is 3.54. The Bertz CT molecular complexity index is 715. The summed E-state index contributed by atoms with van der Waals surface area (Å²) in [6.07, 6.45) is 1.07. The van der Waals surface area contributed by atoms with Crippen molar-refractivity contribution in [3.8, 4) is 5.75 Å². The van der Waals surface area contributed by atoms with Gasteiger partial charge < -0.3 is 19.6 Å². The van der Waals surface area contributed by atoms with E-state index < -0.39 is 0 Å². The van der Waals surface area contributed by atoms with Gasteiger partial charge in [0.2, 0.25) is 0 Å².